The Morgan fingerprint density at radius 1 is 1.11 bits per heavy atom. The molecule has 0 radical (unpaired) electrons. The molecule has 1 aliphatic rings. The first-order chi connectivity index (χ1) is 18.2. The van der Waals surface area contributed by atoms with E-state index in [4.69, 9.17) is 9.90 Å². The van der Waals surface area contributed by atoms with E-state index in [2.05, 4.69) is 41.9 Å². The molecule has 38 heavy (non-hydrogen) atoms. The molecule has 1 amide bonds. The topological polar surface area (TPSA) is 152 Å². The standard InChI is InChI=1S/C22H24N8O.C2HF3O2/c31-22(24-13-16-7-1-3-10-23-16)20-14-30(29-27-20)11-4-2-6-15-12-18-17-8-5-9-19(17)25-21(18)28-26-15;3-2(4,5)1(6)7/h1,3,7,10,12,14H,2,4-6,8-9,11,13H2,(H,24,31)(H,25,28);(H,6,7). The average molecular weight is 531 g/mol. The van der Waals surface area contributed by atoms with E-state index in [0.29, 0.717) is 18.8 Å². The van der Waals surface area contributed by atoms with Crippen LogP contribution >= 0.6 is 0 Å². The highest BCUT2D eigenvalue weighted by Gasteiger charge is 2.38. The van der Waals surface area contributed by atoms with Gasteiger partial charge in [-0.1, -0.05) is 11.3 Å². The van der Waals surface area contributed by atoms with Crippen molar-refractivity contribution in [3.8, 4) is 0 Å². The van der Waals surface area contributed by atoms with Gasteiger partial charge in [0, 0.05) is 23.8 Å². The maximum absolute atomic E-state index is 12.2. The smallest absolute Gasteiger partial charge is 0.475 e. The third kappa shape index (κ3) is 6.89. The first-order valence-corrected chi connectivity index (χ1v) is 11.9. The number of fused-ring (bicyclic) bond motifs is 3. The van der Waals surface area contributed by atoms with E-state index in [1.54, 1.807) is 17.1 Å². The number of H-pyrrole nitrogens is 1. The van der Waals surface area contributed by atoms with E-state index in [0.717, 1.165) is 49.1 Å². The molecule has 4 heterocycles. The normalized spacial score (nSPS) is 12.6. The zero-order chi connectivity index (χ0) is 27.1. The van der Waals surface area contributed by atoms with Gasteiger partial charge in [0.25, 0.3) is 5.91 Å². The van der Waals surface area contributed by atoms with E-state index >= 15 is 0 Å². The number of nitrogens with zero attached hydrogens (tertiary/aromatic N) is 6. The fraction of sp³-hybridized carbons (Fsp3) is 0.375. The number of rotatable bonds is 8. The number of aliphatic carboxylic acids is 1. The van der Waals surface area contributed by atoms with Gasteiger partial charge in [-0.05, 0) is 62.3 Å². The molecule has 14 heteroatoms. The minimum absolute atomic E-state index is 0.250. The number of hydrogen-bond acceptors (Lipinski definition) is 7. The van der Waals surface area contributed by atoms with Gasteiger partial charge < -0.3 is 15.4 Å². The van der Waals surface area contributed by atoms with Crippen molar-refractivity contribution in [3.05, 3.63) is 65.0 Å². The van der Waals surface area contributed by atoms with Crippen LogP contribution in [0.1, 0.15) is 52.4 Å². The second kappa shape index (κ2) is 11.8. The van der Waals surface area contributed by atoms with Gasteiger partial charge in [0.2, 0.25) is 0 Å². The number of pyridine rings is 1. The molecule has 0 unspecified atom stereocenters. The third-order valence-corrected chi connectivity index (χ3v) is 5.90. The summed E-state index contributed by atoms with van der Waals surface area (Å²) in [6.07, 6.45) is 4.52. The number of carboxylic acid groups (broad SMARTS) is 1. The van der Waals surface area contributed by atoms with Crippen molar-refractivity contribution in [2.24, 2.45) is 0 Å². The van der Waals surface area contributed by atoms with Gasteiger partial charge in [-0.25, -0.2) is 4.79 Å². The SMILES string of the molecule is O=C(NCc1ccccn1)c1cn(CCCCc2cc3c4c([nH]c3nn2)CCC4)nn1.O=C(O)C(F)(F)F. The summed E-state index contributed by atoms with van der Waals surface area (Å²) in [5, 5.41) is 27.9. The van der Waals surface area contributed by atoms with Crippen molar-refractivity contribution in [2.45, 2.75) is 57.8 Å². The van der Waals surface area contributed by atoms with Crippen LogP contribution < -0.4 is 5.32 Å². The van der Waals surface area contributed by atoms with Gasteiger partial charge in [-0.3, -0.25) is 14.5 Å². The van der Waals surface area contributed by atoms with Crippen molar-refractivity contribution in [1.82, 2.24) is 40.5 Å². The van der Waals surface area contributed by atoms with Crippen molar-refractivity contribution in [1.29, 1.82) is 0 Å². The molecular weight excluding hydrogens is 505 g/mol. The van der Waals surface area contributed by atoms with Crippen LogP contribution in [0.25, 0.3) is 11.0 Å². The lowest BCUT2D eigenvalue weighted by atomic mass is 10.1. The second-order valence-electron chi connectivity index (χ2n) is 8.66. The Labute approximate surface area is 214 Å². The number of halogens is 3. The Balaban J connectivity index is 0.000000426. The minimum atomic E-state index is -5.08. The minimum Gasteiger partial charge on any atom is -0.475 e. The highest BCUT2D eigenvalue weighted by Crippen LogP contribution is 2.29. The van der Waals surface area contributed by atoms with Crippen LogP contribution in [0.2, 0.25) is 0 Å². The van der Waals surface area contributed by atoms with Gasteiger partial charge in [-0.15, -0.1) is 10.2 Å². The molecule has 11 nitrogen and oxygen atoms in total. The van der Waals surface area contributed by atoms with E-state index in [-0.39, 0.29) is 5.91 Å². The fourth-order valence-electron chi connectivity index (χ4n) is 4.05. The molecule has 0 saturated carbocycles. The molecule has 0 saturated heterocycles. The van der Waals surface area contributed by atoms with Gasteiger partial charge in [0.1, 0.15) is 0 Å². The van der Waals surface area contributed by atoms with Crippen molar-refractivity contribution >= 4 is 22.9 Å². The number of amides is 1. The van der Waals surface area contributed by atoms with Crippen LogP contribution in [-0.4, -0.2) is 58.3 Å². The maximum atomic E-state index is 12.2. The highest BCUT2D eigenvalue weighted by molar-refractivity contribution is 5.91. The number of carbonyl (C=O) groups excluding carboxylic acids is 1. The van der Waals surface area contributed by atoms with Crippen LogP contribution in [0.5, 0.6) is 0 Å². The quantitative estimate of drug-likeness (QED) is 0.294. The van der Waals surface area contributed by atoms with Crippen molar-refractivity contribution < 1.29 is 27.9 Å². The zero-order valence-electron chi connectivity index (χ0n) is 20.2. The number of aryl methyl sites for hydroxylation is 4. The molecule has 0 fully saturated rings. The third-order valence-electron chi connectivity index (χ3n) is 5.90. The molecule has 200 valence electrons. The molecule has 5 rings (SSSR count). The number of alkyl halides is 3. The van der Waals surface area contributed by atoms with Crippen molar-refractivity contribution in [3.63, 3.8) is 0 Å². The first-order valence-electron chi connectivity index (χ1n) is 11.9. The van der Waals surface area contributed by atoms with Crippen LogP contribution in [-0.2, 0) is 37.1 Å². The number of hydrogen-bond donors (Lipinski definition) is 3. The molecule has 4 aromatic heterocycles. The summed E-state index contributed by atoms with van der Waals surface area (Å²) in [5.41, 5.74) is 5.79. The number of nitrogens with one attached hydrogen (secondary N) is 2. The molecule has 4 aromatic rings. The van der Waals surface area contributed by atoms with E-state index in [1.165, 1.54) is 23.1 Å². The lowest BCUT2D eigenvalue weighted by Gasteiger charge is -2.02. The summed E-state index contributed by atoms with van der Waals surface area (Å²) < 4.78 is 33.4. The van der Waals surface area contributed by atoms with Gasteiger partial charge >= 0.3 is 12.1 Å². The van der Waals surface area contributed by atoms with Crippen LogP contribution in [0.3, 0.4) is 0 Å². The summed E-state index contributed by atoms with van der Waals surface area (Å²) >= 11 is 0. The monoisotopic (exact) mass is 530 g/mol. The zero-order valence-corrected chi connectivity index (χ0v) is 20.2. The highest BCUT2D eigenvalue weighted by atomic mass is 19.4. The Bertz CT molecular complexity index is 1400. The Morgan fingerprint density at radius 3 is 2.66 bits per heavy atom. The molecular formula is C24H25F3N8O3. The van der Waals surface area contributed by atoms with Crippen LogP contribution in [0.4, 0.5) is 13.2 Å². The number of aromatic nitrogens is 7. The molecule has 0 spiro atoms. The number of carboxylic acids is 1. The van der Waals surface area contributed by atoms with Gasteiger partial charge in [0.05, 0.1) is 24.1 Å². The Morgan fingerprint density at radius 2 is 1.92 bits per heavy atom. The number of aromatic amines is 1. The molecule has 1 aliphatic carbocycles. The lowest BCUT2D eigenvalue weighted by Crippen LogP contribution is -2.23. The summed E-state index contributed by atoms with van der Waals surface area (Å²) in [7, 11) is 0. The van der Waals surface area contributed by atoms with Gasteiger partial charge in [0.15, 0.2) is 11.3 Å². The fourth-order valence-corrected chi connectivity index (χ4v) is 4.05. The molecule has 0 aromatic carbocycles. The summed E-state index contributed by atoms with van der Waals surface area (Å²) in [5.74, 6) is -3.01. The molecule has 0 aliphatic heterocycles. The van der Waals surface area contributed by atoms with Crippen LogP contribution in [0.15, 0.2) is 36.7 Å². The lowest BCUT2D eigenvalue weighted by molar-refractivity contribution is -0.192. The Kier molecular flexibility index (Phi) is 8.28. The van der Waals surface area contributed by atoms with E-state index < -0.39 is 12.1 Å². The summed E-state index contributed by atoms with van der Waals surface area (Å²) in [4.78, 5) is 28.7. The van der Waals surface area contributed by atoms with Crippen molar-refractivity contribution in [2.75, 3.05) is 0 Å². The largest absolute Gasteiger partial charge is 0.490 e. The van der Waals surface area contributed by atoms with E-state index in [1.807, 2.05) is 18.2 Å². The number of unbranched alkanes of at least 4 members (excludes halogenated alkanes) is 1. The number of carbonyl (C=O) groups is 2. The molecule has 0 atom stereocenters. The first kappa shape index (κ1) is 26.7. The van der Waals surface area contributed by atoms with Crippen LogP contribution in [0, 0.1) is 0 Å². The van der Waals surface area contributed by atoms with Gasteiger partial charge in [-0.2, -0.15) is 18.3 Å². The average Bonchev–Trinajstić information content (AvgIpc) is 3.62. The maximum Gasteiger partial charge on any atom is 0.490 e. The predicted octanol–water partition coefficient (Wildman–Crippen LogP) is 3.02. The predicted molar refractivity (Wildman–Crippen MR) is 128 cm³/mol. The van der Waals surface area contributed by atoms with E-state index in [9.17, 15) is 18.0 Å². The molecule has 3 N–H and O–H groups in total. The Hall–Kier alpha value is -4.36. The summed E-state index contributed by atoms with van der Waals surface area (Å²) in [6, 6.07) is 7.78. The summed E-state index contributed by atoms with van der Waals surface area (Å²) in [6.45, 7) is 1.07. The second-order valence-corrected chi connectivity index (χ2v) is 8.66. The molecule has 0 bridgehead atoms.